The molecule has 60 heavy (non-hydrogen) atoms. The quantitative estimate of drug-likeness (QED) is 0.153. The van der Waals surface area contributed by atoms with Crippen LogP contribution in [-0.4, -0.2) is 0 Å². The Morgan fingerprint density at radius 1 is 0.250 bits per heavy atom. The molecule has 0 amide bonds. The van der Waals surface area contributed by atoms with Gasteiger partial charge in [0.2, 0.25) is 0 Å². The summed E-state index contributed by atoms with van der Waals surface area (Å²) in [6, 6.07) is 84.8. The highest BCUT2D eigenvalue weighted by molar-refractivity contribution is 6.06. The predicted molar refractivity (Wildman–Crippen MR) is 253 cm³/mol. The van der Waals surface area contributed by atoms with E-state index in [4.69, 9.17) is 4.42 Å². The molecular formula is C58H39NO. The number of para-hydroxylation sites is 1. The van der Waals surface area contributed by atoms with Crippen molar-refractivity contribution in [1.29, 1.82) is 0 Å². The van der Waals surface area contributed by atoms with Crippen LogP contribution in [0.15, 0.2) is 241 Å². The molecule has 0 aliphatic carbocycles. The van der Waals surface area contributed by atoms with Crippen LogP contribution in [0.4, 0.5) is 17.1 Å². The minimum atomic E-state index is 0.865. The van der Waals surface area contributed by atoms with Crippen molar-refractivity contribution in [3.8, 4) is 55.6 Å². The van der Waals surface area contributed by atoms with Crippen molar-refractivity contribution < 1.29 is 4.42 Å². The second-order valence-corrected chi connectivity index (χ2v) is 15.3. The summed E-state index contributed by atoms with van der Waals surface area (Å²) in [7, 11) is 0. The monoisotopic (exact) mass is 765 g/mol. The van der Waals surface area contributed by atoms with Gasteiger partial charge in [0.15, 0.2) is 0 Å². The minimum absolute atomic E-state index is 0.865. The maximum atomic E-state index is 6.41. The molecule has 2 heteroatoms. The summed E-state index contributed by atoms with van der Waals surface area (Å²) in [6.07, 6.45) is 0. The van der Waals surface area contributed by atoms with E-state index in [9.17, 15) is 0 Å². The zero-order valence-corrected chi connectivity index (χ0v) is 32.9. The number of furan rings is 1. The van der Waals surface area contributed by atoms with Gasteiger partial charge in [0.05, 0.1) is 0 Å². The first-order valence-electron chi connectivity index (χ1n) is 20.5. The summed E-state index contributed by atoms with van der Waals surface area (Å²) in [5.41, 5.74) is 16.9. The first-order valence-corrected chi connectivity index (χ1v) is 20.5. The fraction of sp³-hybridized carbons (Fsp3) is 0. The smallest absolute Gasteiger partial charge is 0.137 e. The fourth-order valence-electron chi connectivity index (χ4n) is 8.69. The topological polar surface area (TPSA) is 16.4 Å². The third kappa shape index (κ3) is 6.51. The molecule has 11 rings (SSSR count). The molecule has 11 aromatic rings. The standard InChI is InChI=1S/C58H39NO/c1-3-13-40(14-4-1)44-23-25-47-38-45(24-26-46(47)37-44)41-27-31-48(32-28-41)59(50-35-36-56-55-21-11-12-22-57(55)60-58(56)39-50)49-33-29-43(30-34-49)52-18-8-10-20-54(52)53-19-9-7-17-51(53)42-15-5-2-6-16-42/h1-39H. The summed E-state index contributed by atoms with van der Waals surface area (Å²) in [4.78, 5) is 2.32. The van der Waals surface area contributed by atoms with Crippen LogP contribution in [0.25, 0.3) is 88.3 Å². The Bertz CT molecular complexity index is 3290. The van der Waals surface area contributed by atoms with Crippen molar-refractivity contribution in [3.63, 3.8) is 0 Å². The van der Waals surface area contributed by atoms with Gasteiger partial charge in [-0.2, -0.15) is 0 Å². The van der Waals surface area contributed by atoms with E-state index in [0.29, 0.717) is 0 Å². The lowest BCUT2D eigenvalue weighted by Crippen LogP contribution is -2.09. The van der Waals surface area contributed by atoms with Gasteiger partial charge in [0, 0.05) is 33.9 Å². The van der Waals surface area contributed by atoms with Crippen molar-refractivity contribution in [2.45, 2.75) is 0 Å². The molecule has 0 aliphatic rings. The fourth-order valence-corrected chi connectivity index (χ4v) is 8.69. The first kappa shape index (κ1) is 35.2. The Morgan fingerprint density at radius 2 is 0.667 bits per heavy atom. The molecule has 0 atom stereocenters. The summed E-state index contributed by atoms with van der Waals surface area (Å²) in [5.74, 6) is 0. The van der Waals surface area contributed by atoms with Gasteiger partial charge >= 0.3 is 0 Å². The van der Waals surface area contributed by atoms with Crippen LogP contribution in [0.2, 0.25) is 0 Å². The number of benzene rings is 10. The van der Waals surface area contributed by atoms with Crippen LogP contribution < -0.4 is 4.90 Å². The minimum Gasteiger partial charge on any atom is -0.456 e. The predicted octanol–water partition coefficient (Wildman–Crippen LogP) is 16.5. The van der Waals surface area contributed by atoms with Gasteiger partial charge in [-0.05, 0) is 121 Å². The van der Waals surface area contributed by atoms with Gasteiger partial charge in [-0.25, -0.2) is 0 Å². The third-order valence-corrected chi connectivity index (χ3v) is 11.7. The van der Waals surface area contributed by atoms with Crippen molar-refractivity contribution in [2.75, 3.05) is 4.90 Å². The normalized spacial score (nSPS) is 11.3. The molecule has 10 aromatic carbocycles. The van der Waals surface area contributed by atoms with E-state index < -0.39 is 0 Å². The molecule has 1 aromatic heterocycles. The molecule has 0 aliphatic heterocycles. The highest BCUT2D eigenvalue weighted by Gasteiger charge is 2.18. The average molecular weight is 766 g/mol. The van der Waals surface area contributed by atoms with Crippen LogP contribution in [0.5, 0.6) is 0 Å². The molecule has 1 heterocycles. The van der Waals surface area contributed by atoms with Crippen LogP contribution in [0, 0.1) is 0 Å². The lowest BCUT2D eigenvalue weighted by molar-refractivity contribution is 0.669. The summed E-state index contributed by atoms with van der Waals surface area (Å²) >= 11 is 0. The first-order chi connectivity index (χ1) is 29.7. The van der Waals surface area contributed by atoms with Gasteiger partial charge in [0.1, 0.15) is 11.2 Å². The Balaban J connectivity index is 0.970. The van der Waals surface area contributed by atoms with Gasteiger partial charge in [0.25, 0.3) is 0 Å². The second kappa shape index (κ2) is 15.1. The molecule has 0 bridgehead atoms. The number of nitrogens with zero attached hydrogens (tertiary/aromatic N) is 1. The lowest BCUT2D eigenvalue weighted by atomic mass is 9.89. The molecule has 0 saturated heterocycles. The van der Waals surface area contributed by atoms with Crippen LogP contribution in [0.3, 0.4) is 0 Å². The average Bonchev–Trinajstić information content (AvgIpc) is 3.70. The van der Waals surface area contributed by atoms with Gasteiger partial charge in [-0.1, -0.05) is 176 Å². The second-order valence-electron chi connectivity index (χ2n) is 15.3. The van der Waals surface area contributed by atoms with E-state index in [1.165, 1.54) is 60.8 Å². The molecule has 282 valence electrons. The van der Waals surface area contributed by atoms with Gasteiger partial charge in [-0.15, -0.1) is 0 Å². The molecule has 0 spiro atoms. The van der Waals surface area contributed by atoms with E-state index in [2.05, 4.69) is 229 Å². The molecular weight excluding hydrogens is 727 g/mol. The Labute approximate surface area is 349 Å². The Morgan fingerprint density at radius 3 is 1.27 bits per heavy atom. The lowest BCUT2D eigenvalue weighted by Gasteiger charge is -2.26. The van der Waals surface area contributed by atoms with E-state index in [0.717, 1.165) is 44.6 Å². The molecule has 0 unspecified atom stereocenters. The van der Waals surface area contributed by atoms with Gasteiger partial charge in [-0.3, -0.25) is 0 Å². The number of fused-ring (bicyclic) bond motifs is 4. The third-order valence-electron chi connectivity index (χ3n) is 11.7. The molecule has 0 fully saturated rings. The number of hydrogen-bond acceptors (Lipinski definition) is 2. The molecule has 0 N–H and O–H groups in total. The van der Waals surface area contributed by atoms with Crippen molar-refractivity contribution in [2.24, 2.45) is 0 Å². The molecule has 0 radical (unpaired) electrons. The highest BCUT2D eigenvalue weighted by atomic mass is 16.3. The van der Waals surface area contributed by atoms with Crippen molar-refractivity contribution >= 4 is 49.8 Å². The van der Waals surface area contributed by atoms with Crippen LogP contribution in [0.1, 0.15) is 0 Å². The van der Waals surface area contributed by atoms with Crippen molar-refractivity contribution in [1.82, 2.24) is 0 Å². The SMILES string of the molecule is c1ccc(-c2ccc3cc(-c4ccc(N(c5ccc(-c6ccccc6-c6ccccc6-c6ccccc6)cc5)c5ccc6c(c5)oc5ccccc56)cc4)ccc3c2)cc1. The molecule has 2 nitrogen and oxygen atoms in total. The molecule has 0 saturated carbocycles. The van der Waals surface area contributed by atoms with Crippen molar-refractivity contribution in [3.05, 3.63) is 237 Å². The Kier molecular flexibility index (Phi) is 8.87. The summed E-state index contributed by atoms with van der Waals surface area (Å²) in [5, 5.41) is 4.69. The Hall–Kier alpha value is -7.94. The zero-order chi connectivity index (χ0) is 39.8. The van der Waals surface area contributed by atoms with Crippen LogP contribution >= 0.6 is 0 Å². The van der Waals surface area contributed by atoms with Crippen LogP contribution in [-0.2, 0) is 0 Å². The maximum absolute atomic E-state index is 6.41. The summed E-state index contributed by atoms with van der Waals surface area (Å²) < 4.78 is 6.41. The number of hydrogen-bond donors (Lipinski definition) is 0. The summed E-state index contributed by atoms with van der Waals surface area (Å²) in [6.45, 7) is 0. The van der Waals surface area contributed by atoms with E-state index in [-0.39, 0.29) is 0 Å². The highest BCUT2D eigenvalue weighted by Crippen LogP contribution is 2.42. The maximum Gasteiger partial charge on any atom is 0.137 e. The van der Waals surface area contributed by atoms with E-state index >= 15 is 0 Å². The number of anilines is 3. The largest absolute Gasteiger partial charge is 0.456 e. The van der Waals surface area contributed by atoms with E-state index in [1.54, 1.807) is 0 Å². The van der Waals surface area contributed by atoms with E-state index in [1.807, 2.05) is 12.1 Å². The number of rotatable bonds is 8. The van der Waals surface area contributed by atoms with Gasteiger partial charge < -0.3 is 9.32 Å². The zero-order valence-electron chi connectivity index (χ0n) is 32.9.